The van der Waals surface area contributed by atoms with Crippen LogP contribution in [0.25, 0.3) is 0 Å². The van der Waals surface area contributed by atoms with Gasteiger partial charge in [0.05, 0.1) is 12.5 Å². The van der Waals surface area contributed by atoms with Crippen molar-refractivity contribution >= 4 is 29.7 Å². The predicted molar refractivity (Wildman–Crippen MR) is 107 cm³/mol. The summed E-state index contributed by atoms with van der Waals surface area (Å²) >= 11 is 0. The lowest BCUT2D eigenvalue weighted by Crippen LogP contribution is -2.56. The Morgan fingerprint density at radius 1 is 0.867 bits per heavy atom. The predicted octanol–water partition coefficient (Wildman–Crippen LogP) is -1.87. The highest BCUT2D eigenvalue weighted by atomic mass is 16.4. The first-order chi connectivity index (χ1) is 14.0. The van der Waals surface area contributed by atoms with Gasteiger partial charge < -0.3 is 37.6 Å². The number of nitrogens with one attached hydrogen (secondary N) is 3. The zero-order chi connectivity index (χ0) is 23.3. The van der Waals surface area contributed by atoms with E-state index in [1.807, 2.05) is 19.2 Å². The summed E-state index contributed by atoms with van der Waals surface area (Å²) in [5.41, 5.74) is 11.2. The number of amides is 3. The van der Waals surface area contributed by atoms with Gasteiger partial charge in [-0.05, 0) is 31.7 Å². The molecule has 30 heavy (non-hydrogen) atoms. The van der Waals surface area contributed by atoms with Gasteiger partial charge in [-0.1, -0.05) is 20.3 Å². The van der Waals surface area contributed by atoms with E-state index in [1.54, 1.807) is 0 Å². The van der Waals surface area contributed by atoms with Gasteiger partial charge in [-0.25, -0.2) is 0 Å². The van der Waals surface area contributed by atoms with E-state index < -0.39 is 60.8 Å². The highest BCUT2D eigenvalue weighted by Crippen LogP contribution is 2.07. The lowest BCUT2D eigenvalue weighted by Gasteiger charge is -2.24. The van der Waals surface area contributed by atoms with E-state index in [4.69, 9.17) is 21.7 Å². The van der Waals surface area contributed by atoms with E-state index in [2.05, 4.69) is 10.6 Å². The van der Waals surface area contributed by atoms with Crippen molar-refractivity contribution in [2.75, 3.05) is 13.1 Å². The first-order valence-electron chi connectivity index (χ1n) is 9.75. The molecule has 0 fully saturated rings. The highest BCUT2D eigenvalue weighted by molar-refractivity contribution is 5.95. The van der Waals surface area contributed by atoms with Gasteiger partial charge >= 0.3 is 11.9 Å². The van der Waals surface area contributed by atoms with Crippen LogP contribution in [-0.4, -0.2) is 71.1 Å². The largest absolute Gasteiger partial charge is 0.481 e. The Balaban J connectivity index is 5.17. The molecule has 3 unspecified atom stereocenters. The summed E-state index contributed by atoms with van der Waals surface area (Å²) in [7, 11) is 0. The standard InChI is InChI=1S/C18H33N5O7/c1-10(2)7-12(22-16(28)11(20)5-3-4-6-19)18(30)23-13(8-14(24)25)17(29)21-9-15(26)27/h10-13H,3-9,19-20H2,1-2H3,(H,21,29)(H,22,28)(H,23,30)(H,24,25)(H,26,27). The normalized spacial score (nSPS) is 13.8. The molecule has 0 spiro atoms. The summed E-state index contributed by atoms with van der Waals surface area (Å²) in [5, 5.41) is 24.5. The van der Waals surface area contributed by atoms with Crippen molar-refractivity contribution < 1.29 is 34.2 Å². The second kappa shape index (κ2) is 14.3. The van der Waals surface area contributed by atoms with Gasteiger partial charge in [0.25, 0.3) is 0 Å². The number of hydrogen-bond donors (Lipinski definition) is 7. The second-order valence-electron chi connectivity index (χ2n) is 7.35. The smallest absolute Gasteiger partial charge is 0.322 e. The van der Waals surface area contributed by atoms with Crippen LogP contribution in [0.1, 0.15) is 46.0 Å². The summed E-state index contributed by atoms with van der Waals surface area (Å²) in [6.07, 6.45) is 1.22. The van der Waals surface area contributed by atoms with Crippen molar-refractivity contribution in [3.63, 3.8) is 0 Å². The number of carbonyl (C=O) groups excluding carboxylic acids is 3. The van der Waals surface area contributed by atoms with Gasteiger partial charge in [-0.3, -0.25) is 24.0 Å². The molecule has 0 aliphatic rings. The number of aliphatic carboxylic acids is 2. The molecular weight excluding hydrogens is 398 g/mol. The third kappa shape index (κ3) is 12.0. The molecule has 9 N–H and O–H groups in total. The number of nitrogens with two attached hydrogens (primary N) is 2. The minimum absolute atomic E-state index is 0.00623. The molecule has 3 atom stereocenters. The van der Waals surface area contributed by atoms with Gasteiger partial charge in [0.1, 0.15) is 18.6 Å². The third-order valence-corrected chi connectivity index (χ3v) is 4.07. The fourth-order valence-electron chi connectivity index (χ4n) is 2.56. The average molecular weight is 431 g/mol. The van der Waals surface area contributed by atoms with Crippen molar-refractivity contribution in [3.8, 4) is 0 Å². The molecule has 0 rings (SSSR count). The fraction of sp³-hybridized carbons (Fsp3) is 0.722. The van der Waals surface area contributed by atoms with E-state index in [1.165, 1.54) is 0 Å². The number of carbonyl (C=O) groups is 5. The Labute approximate surface area is 175 Å². The zero-order valence-corrected chi connectivity index (χ0v) is 17.3. The van der Waals surface area contributed by atoms with E-state index in [0.717, 1.165) is 0 Å². The molecule has 0 saturated heterocycles. The molecule has 12 heteroatoms. The summed E-state index contributed by atoms with van der Waals surface area (Å²) in [5.74, 6) is -4.95. The molecule has 172 valence electrons. The summed E-state index contributed by atoms with van der Waals surface area (Å²) in [6.45, 7) is 3.39. The SMILES string of the molecule is CC(C)CC(NC(=O)C(N)CCCCN)C(=O)NC(CC(=O)O)C(=O)NCC(=O)O. The molecule has 0 radical (unpaired) electrons. The summed E-state index contributed by atoms with van der Waals surface area (Å²) in [6, 6.07) is -3.38. The molecule has 0 aromatic heterocycles. The molecule has 12 nitrogen and oxygen atoms in total. The fourth-order valence-corrected chi connectivity index (χ4v) is 2.56. The Bertz CT molecular complexity index is 612. The topological polar surface area (TPSA) is 214 Å². The van der Waals surface area contributed by atoms with Crippen LogP contribution < -0.4 is 27.4 Å². The molecule has 3 amide bonds. The number of rotatable bonds is 15. The lowest BCUT2D eigenvalue weighted by molar-refractivity contribution is -0.141. The van der Waals surface area contributed by atoms with Crippen molar-refractivity contribution in [2.45, 2.75) is 64.1 Å². The molecule has 0 aromatic carbocycles. The maximum atomic E-state index is 12.7. The molecular formula is C18H33N5O7. The zero-order valence-electron chi connectivity index (χ0n) is 17.3. The number of hydrogen-bond acceptors (Lipinski definition) is 7. The van der Waals surface area contributed by atoms with Crippen LogP contribution in [0.2, 0.25) is 0 Å². The van der Waals surface area contributed by atoms with Crippen molar-refractivity contribution in [2.24, 2.45) is 17.4 Å². The molecule has 0 bridgehead atoms. The molecule has 0 aliphatic heterocycles. The Morgan fingerprint density at radius 2 is 1.47 bits per heavy atom. The van der Waals surface area contributed by atoms with Gasteiger partial charge in [0.15, 0.2) is 0 Å². The monoisotopic (exact) mass is 431 g/mol. The first-order valence-corrected chi connectivity index (χ1v) is 9.75. The van der Waals surface area contributed by atoms with E-state index in [0.29, 0.717) is 25.8 Å². The van der Waals surface area contributed by atoms with Crippen molar-refractivity contribution in [1.29, 1.82) is 0 Å². The number of unbranched alkanes of at least 4 members (excludes halogenated alkanes) is 1. The van der Waals surface area contributed by atoms with Gasteiger partial charge in [0.2, 0.25) is 17.7 Å². The molecule has 0 saturated carbocycles. The van der Waals surface area contributed by atoms with Crippen LogP contribution in [0.3, 0.4) is 0 Å². The van der Waals surface area contributed by atoms with Gasteiger partial charge in [-0.2, -0.15) is 0 Å². The number of carboxylic acids is 2. The minimum atomic E-state index is -1.50. The van der Waals surface area contributed by atoms with E-state index >= 15 is 0 Å². The lowest BCUT2D eigenvalue weighted by atomic mass is 10.0. The van der Waals surface area contributed by atoms with Crippen LogP contribution in [-0.2, 0) is 24.0 Å². The Kier molecular flexibility index (Phi) is 13.0. The van der Waals surface area contributed by atoms with Crippen LogP contribution in [0.15, 0.2) is 0 Å². The van der Waals surface area contributed by atoms with E-state index in [-0.39, 0.29) is 12.3 Å². The maximum absolute atomic E-state index is 12.7. The quantitative estimate of drug-likeness (QED) is 0.144. The van der Waals surface area contributed by atoms with Crippen LogP contribution in [0.4, 0.5) is 0 Å². The van der Waals surface area contributed by atoms with Gasteiger partial charge in [-0.15, -0.1) is 0 Å². The maximum Gasteiger partial charge on any atom is 0.322 e. The van der Waals surface area contributed by atoms with Gasteiger partial charge in [0, 0.05) is 0 Å². The molecule has 0 aromatic rings. The Morgan fingerprint density at radius 3 is 1.97 bits per heavy atom. The Hall–Kier alpha value is -2.73. The van der Waals surface area contributed by atoms with E-state index in [9.17, 15) is 24.0 Å². The third-order valence-electron chi connectivity index (χ3n) is 4.07. The summed E-state index contributed by atoms with van der Waals surface area (Å²) in [4.78, 5) is 58.7. The number of carboxylic acid groups (broad SMARTS) is 2. The van der Waals surface area contributed by atoms with Crippen molar-refractivity contribution in [3.05, 3.63) is 0 Å². The highest BCUT2D eigenvalue weighted by Gasteiger charge is 2.30. The van der Waals surface area contributed by atoms with Crippen LogP contribution in [0, 0.1) is 5.92 Å². The minimum Gasteiger partial charge on any atom is -0.481 e. The average Bonchev–Trinajstić information content (AvgIpc) is 2.64. The first kappa shape index (κ1) is 27.3. The van der Waals surface area contributed by atoms with Crippen molar-refractivity contribution in [1.82, 2.24) is 16.0 Å². The van der Waals surface area contributed by atoms with Crippen LogP contribution >= 0.6 is 0 Å². The molecule has 0 aliphatic carbocycles. The molecule has 0 heterocycles. The van der Waals surface area contributed by atoms with Crippen LogP contribution in [0.5, 0.6) is 0 Å². The second-order valence-corrected chi connectivity index (χ2v) is 7.35. The summed E-state index contributed by atoms with van der Waals surface area (Å²) < 4.78 is 0.